The standard InChI is InChI=1S/C20H19Cl2N5O3S/c1-12(16-3-2-4-17(21)19(16)22)25-20(28)26-13-5-8-15(9-6-13)31(29,30)27-14-7-10-18(23)24-11-14/h2-12,27H,1H3,(H2,23,24)(H2,25,26,28)/t12-/m0/s1. The van der Waals surface area contributed by atoms with Gasteiger partial charge < -0.3 is 16.4 Å². The number of carbonyl (C=O) groups is 1. The fourth-order valence-electron chi connectivity index (χ4n) is 2.69. The molecule has 11 heteroatoms. The number of carbonyl (C=O) groups excluding carboxylic acids is 1. The molecule has 31 heavy (non-hydrogen) atoms. The van der Waals surface area contributed by atoms with Crippen molar-refractivity contribution in [2.75, 3.05) is 15.8 Å². The Labute approximate surface area is 189 Å². The summed E-state index contributed by atoms with van der Waals surface area (Å²) in [5.74, 6) is 0.281. The molecule has 0 saturated carbocycles. The van der Waals surface area contributed by atoms with Crippen molar-refractivity contribution in [3.8, 4) is 0 Å². The first-order valence-electron chi connectivity index (χ1n) is 9.01. The number of amides is 2. The third kappa shape index (κ3) is 5.78. The van der Waals surface area contributed by atoms with Crippen LogP contribution in [0.4, 0.5) is 22.0 Å². The molecule has 162 valence electrons. The molecule has 0 aliphatic carbocycles. The molecule has 1 atom stereocenters. The van der Waals surface area contributed by atoms with E-state index in [9.17, 15) is 13.2 Å². The lowest BCUT2D eigenvalue weighted by molar-refractivity contribution is 0.249. The van der Waals surface area contributed by atoms with Crippen molar-refractivity contribution in [1.29, 1.82) is 0 Å². The minimum absolute atomic E-state index is 0.0226. The van der Waals surface area contributed by atoms with E-state index in [0.717, 1.165) is 0 Å². The van der Waals surface area contributed by atoms with Crippen molar-refractivity contribution in [2.24, 2.45) is 0 Å². The van der Waals surface area contributed by atoms with Gasteiger partial charge in [0.25, 0.3) is 10.0 Å². The Kier molecular flexibility index (Phi) is 6.89. The van der Waals surface area contributed by atoms with E-state index in [1.165, 1.54) is 42.6 Å². The van der Waals surface area contributed by atoms with Crippen LogP contribution in [-0.4, -0.2) is 19.4 Å². The van der Waals surface area contributed by atoms with Crippen LogP contribution in [-0.2, 0) is 10.0 Å². The molecule has 5 N–H and O–H groups in total. The van der Waals surface area contributed by atoms with Crippen LogP contribution in [0.5, 0.6) is 0 Å². The van der Waals surface area contributed by atoms with E-state index in [0.29, 0.717) is 21.3 Å². The predicted octanol–water partition coefficient (Wildman–Crippen LogP) is 4.65. The number of halogens is 2. The Bertz CT molecular complexity index is 1190. The van der Waals surface area contributed by atoms with Crippen molar-refractivity contribution in [3.05, 3.63) is 76.4 Å². The number of benzene rings is 2. The first-order chi connectivity index (χ1) is 14.7. The first kappa shape index (κ1) is 22.7. The van der Waals surface area contributed by atoms with Crippen LogP contribution in [0, 0.1) is 0 Å². The van der Waals surface area contributed by atoms with Gasteiger partial charge in [-0.1, -0.05) is 35.3 Å². The largest absolute Gasteiger partial charge is 0.384 e. The summed E-state index contributed by atoms with van der Waals surface area (Å²) in [6.45, 7) is 1.77. The lowest BCUT2D eigenvalue weighted by Crippen LogP contribution is -2.31. The van der Waals surface area contributed by atoms with Crippen LogP contribution >= 0.6 is 23.2 Å². The number of nitrogens with one attached hydrogen (secondary N) is 3. The van der Waals surface area contributed by atoms with Gasteiger partial charge >= 0.3 is 6.03 Å². The Balaban J connectivity index is 1.63. The van der Waals surface area contributed by atoms with Crippen LogP contribution in [0.3, 0.4) is 0 Å². The molecule has 0 spiro atoms. The molecule has 0 aliphatic heterocycles. The van der Waals surface area contributed by atoms with Gasteiger partial charge in [0.15, 0.2) is 0 Å². The average Bonchev–Trinajstić information content (AvgIpc) is 2.72. The van der Waals surface area contributed by atoms with Crippen molar-refractivity contribution in [1.82, 2.24) is 10.3 Å². The van der Waals surface area contributed by atoms with Crippen LogP contribution in [0.15, 0.2) is 65.7 Å². The number of nitrogen functional groups attached to an aromatic ring is 1. The van der Waals surface area contributed by atoms with Gasteiger partial charge in [-0.2, -0.15) is 0 Å². The summed E-state index contributed by atoms with van der Waals surface area (Å²) in [6.07, 6.45) is 1.32. The molecule has 8 nitrogen and oxygen atoms in total. The Morgan fingerprint density at radius 1 is 1.03 bits per heavy atom. The molecule has 0 fully saturated rings. The lowest BCUT2D eigenvalue weighted by Gasteiger charge is -2.17. The highest BCUT2D eigenvalue weighted by Crippen LogP contribution is 2.29. The summed E-state index contributed by atoms with van der Waals surface area (Å²) in [5.41, 5.74) is 6.86. The molecule has 1 aromatic heterocycles. The zero-order valence-corrected chi connectivity index (χ0v) is 18.6. The lowest BCUT2D eigenvalue weighted by atomic mass is 10.1. The Hall–Kier alpha value is -3.01. The van der Waals surface area contributed by atoms with E-state index >= 15 is 0 Å². The Morgan fingerprint density at radius 3 is 2.35 bits per heavy atom. The number of urea groups is 1. The molecule has 0 bridgehead atoms. The molecule has 2 amide bonds. The maximum absolute atomic E-state index is 12.5. The van der Waals surface area contributed by atoms with Gasteiger partial charge in [-0.05, 0) is 55.0 Å². The highest BCUT2D eigenvalue weighted by atomic mass is 35.5. The minimum Gasteiger partial charge on any atom is -0.384 e. The number of hydrogen-bond acceptors (Lipinski definition) is 5. The molecule has 0 aliphatic rings. The molecule has 2 aromatic carbocycles. The summed E-state index contributed by atoms with van der Waals surface area (Å²) in [6, 6.07) is 13.0. The van der Waals surface area contributed by atoms with E-state index in [-0.39, 0.29) is 16.4 Å². The van der Waals surface area contributed by atoms with Crippen molar-refractivity contribution < 1.29 is 13.2 Å². The summed E-state index contributed by atoms with van der Waals surface area (Å²) < 4.78 is 27.4. The van der Waals surface area contributed by atoms with Gasteiger partial charge in [0.05, 0.1) is 32.9 Å². The quantitative estimate of drug-likeness (QED) is 0.409. The number of aromatic nitrogens is 1. The van der Waals surface area contributed by atoms with Crippen LogP contribution in [0.2, 0.25) is 10.0 Å². The maximum atomic E-state index is 12.5. The third-order valence-electron chi connectivity index (χ3n) is 4.26. The molecule has 1 heterocycles. The minimum atomic E-state index is -3.82. The summed E-state index contributed by atoms with van der Waals surface area (Å²) in [4.78, 5) is 16.2. The van der Waals surface area contributed by atoms with Gasteiger partial charge in [-0.15, -0.1) is 0 Å². The zero-order valence-electron chi connectivity index (χ0n) is 16.3. The summed E-state index contributed by atoms with van der Waals surface area (Å²) in [7, 11) is -3.82. The normalized spacial score (nSPS) is 12.1. The topological polar surface area (TPSA) is 126 Å². The van der Waals surface area contributed by atoms with Gasteiger partial charge in [-0.3, -0.25) is 4.72 Å². The molecule has 0 radical (unpaired) electrons. The number of nitrogens with two attached hydrogens (primary N) is 1. The number of sulfonamides is 1. The molecular weight excluding hydrogens is 461 g/mol. The van der Waals surface area contributed by atoms with Crippen molar-refractivity contribution >= 4 is 56.4 Å². The van der Waals surface area contributed by atoms with E-state index in [1.54, 1.807) is 25.1 Å². The summed E-state index contributed by atoms with van der Waals surface area (Å²) >= 11 is 12.2. The number of anilines is 3. The van der Waals surface area contributed by atoms with E-state index < -0.39 is 22.1 Å². The fourth-order valence-corrected chi connectivity index (χ4v) is 4.21. The smallest absolute Gasteiger partial charge is 0.319 e. The van der Waals surface area contributed by atoms with Gasteiger partial charge in [0, 0.05) is 5.69 Å². The van der Waals surface area contributed by atoms with E-state index in [4.69, 9.17) is 28.9 Å². The second kappa shape index (κ2) is 9.42. The average molecular weight is 480 g/mol. The van der Waals surface area contributed by atoms with E-state index in [2.05, 4.69) is 20.3 Å². The van der Waals surface area contributed by atoms with Gasteiger partial charge in [0.2, 0.25) is 0 Å². The SMILES string of the molecule is C[C@H](NC(=O)Nc1ccc(S(=O)(=O)Nc2ccc(N)nc2)cc1)c1cccc(Cl)c1Cl. The predicted molar refractivity (Wildman–Crippen MR) is 123 cm³/mol. The highest BCUT2D eigenvalue weighted by molar-refractivity contribution is 7.92. The number of pyridine rings is 1. The first-order valence-corrected chi connectivity index (χ1v) is 11.3. The zero-order chi connectivity index (χ0) is 22.6. The number of nitrogens with zero attached hydrogens (tertiary/aromatic N) is 1. The second-order valence-electron chi connectivity index (χ2n) is 6.56. The third-order valence-corrected chi connectivity index (χ3v) is 6.49. The second-order valence-corrected chi connectivity index (χ2v) is 9.03. The molecule has 0 unspecified atom stereocenters. The van der Waals surface area contributed by atoms with Crippen molar-refractivity contribution in [3.63, 3.8) is 0 Å². The number of rotatable bonds is 6. The van der Waals surface area contributed by atoms with E-state index in [1.807, 2.05) is 0 Å². The van der Waals surface area contributed by atoms with Crippen LogP contribution < -0.4 is 21.1 Å². The van der Waals surface area contributed by atoms with Crippen molar-refractivity contribution in [2.45, 2.75) is 17.9 Å². The highest BCUT2D eigenvalue weighted by Gasteiger charge is 2.16. The maximum Gasteiger partial charge on any atom is 0.319 e. The Morgan fingerprint density at radius 2 is 1.71 bits per heavy atom. The number of hydrogen-bond donors (Lipinski definition) is 4. The molecular formula is C20H19Cl2N5O3S. The van der Waals surface area contributed by atoms with Crippen LogP contribution in [0.1, 0.15) is 18.5 Å². The van der Waals surface area contributed by atoms with Crippen LogP contribution in [0.25, 0.3) is 0 Å². The van der Waals surface area contributed by atoms with Gasteiger partial charge in [0.1, 0.15) is 5.82 Å². The molecule has 0 saturated heterocycles. The molecule has 3 aromatic rings. The summed E-state index contributed by atoms with van der Waals surface area (Å²) in [5, 5.41) is 6.17. The monoisotopic (exact) mass is 479 g/mol. The fraction of sp³-hybridized carbons (Fsp3) is 0.100. The van der Waals surface area contributed by atoms with Gasteiger partial charge in [-0.25, -0.2) is 18.2 Å². The molecule has 3 rings (SSSR count).